The highest BCUT2D eigenvalue weighted by Crippen LogP contribution is 2.37. The van der Waals surface area contributed by atoms with Crippen LogP contribution in [0.1, 0.15) is 28.8 Å². The fourth-order valence-electron chi connectivity index (χ4n) is 4.23. The lowest BCUT2D eigenvalue weighted by Crippen LogP contribution is -2.34. The molecule has 2 aromatic heterocycles. The first-order valence-electron chi connectivity index (χ1n) is 10.8. The van der Waals surface area contributed by atoms with Gasteiger partial charge in [0, 0.05) is 25.0 Å². The number of fused-ring (bicyclic) bond motifs is 1. The Morgan fingerprint density at radius 2 is 1.89 bits per heavy atom. The third kappa shape index (κ3) is 4.74. The summed E-state index contributed by atoms with van der Waals surface area (Å²) in [6.45, 7) is -0.451. The van der Waals surface area contributed by atoms with Gasteiger partial charge in [0.25, 0.3) is 5.91 Å². The van der Waals surface area contributed by atoms with Gasteiger partial charge >= 0.3 is 6.18 Å². The molecule has 3 aromatic rings. The van der Waals surface area contributed by atoms with Crippen LogP contribution in [0.15, 0.2) is 36.7 Å². The molecule has 0 bridgehead atoms. The standard InChI is InChI=1S/C24H23F3N4O4/c1-33-18-9-15(10-19(34-2)21(18)22(32)30-14-24(25,26)27)17-12-29-20-11-16(3-6-31(17)20)23(13-28)4-7-35-8-5-23/h3,6,9-12H,4-5,7-8,14H2,1-2H3,(H,30,32). The van der Waals surface area contributed by atoms with Gasteiger partial charge in [-0.05, 0) is 42.7 Å². The van der Waals surface area contributed by atoms with Crippen molar-refractivity contribution < 1.29 is 32.2 Å². The number of methoxy groups -OCH3 is 2. The smallest absolute Gasteiger partial charge is 0.405 e. The number of nitrogens with zero attached hydrogens (tertiary/aromatic N) is 3. The first-order chi connectivity index (χ1) is 16.7. The SMILES string of the molecule is COc1cc(-c2cnc3cc(C4(C#N)CCOCC4)ccn23)cc(OC)c1C(=O)NCC(F)(F)F. The van der Waals surface area contributed by atoms with Crippen LogP contribution < -0.4 is 14.8 Å². The molecule has 0 unspecified atom stereocenters. The van der Waals surface area contributed by atoms with Crippen molar-refractivity contribution in [3.05, 3.63) is 47.8 Å². The molecule has 1 aliphatic rings. The summed E-state index contributed by atoms with van der Waals surface area (Å²) < 4.78 is 55.6. The van der Waals surface area contributed by atoms with E-state index >= 15 is 0 Å². The lowest BCUT2D eigenvalue weighted by atomic mass is 9.76. The molecular formula is C24H23F3N4O4. The summed E-state index contributed by atoms with van der Waals surface area (Å²) in [6, 6.07) is 9.27. The third-order valence-electron chi connectivity index (χ3n) is 6.10. The van der Waals surface area contributed by atoms with E-state index in [9.17, 15) is 23.2 Å². The minimum absolute atomic E-state index is 0.0521. The van der Waals surface area contributed by atoms with Gasteiger partial charge in [0.15, 0.2) is 0 Å². The molecule has 1 aromatic carbocycles. The van der Waals surface area contributed by atoms with E-state index in [1.165, 1.54) is 26.4 Å². The Hall–Kier alpha value is -3.78. The Balaban J connectivity index is 1.73. The predicted molar refractivity (Wildman–Crippen MR) is 119 cm³/mol. The number of rotatable bonds is 6. The maximum absolute atomic E-state index is 12.6. The second-order valence-corrected chi connectivity index (χ2v) is 8.15. The summed E-state index contributed by atoms with van der Waals surface area (Å²) >= 11 is 0. The van der Waals surface area contributed by atoms with Crippen molar-refractivity contribution in [3.63, 3.8) is 0 Å². The highest BCUT2D eigenvalue weighted by atomic mass is 19.4. The monoisotopic (exact) mass is 488 g/mol. The van der Waals surface area contributed by atoms with Crippen LogP contribution in [0.4, 0.5) is 13.2 Å². The minimum Gasteiger partial charge on any atom is -0.496 e. The highest BCUT2D eigenvalue weighted by Gasteiger charge is 2.35. The molecule has 0 atom stereocenters. The van der Waals surface area contributed by atoms with Crippen LogP contribution in [0, 0.1) is 11.3 Å². The fraction of sp³-hybridized carbons (Fsp3) is 0.375. The summed E-state index contributed by atoms with van der Waals surface area (Å²) in [7, 11) is 2.63. The van der Waals surface area contributed by atoms with E-state index in [4.69, 9.17) is 14.2 Å². The second kappa shape index (κ2) is 9.46. The number of benzene rings is 1. The number of pyridine rings is 1. The molecule has 1 saturated heterocycles. The van der Waals surface area contributed by atoms with Crippen LogP contribution in [0.2, 0.25) is 0 Å². The van der Waals surface area contributed by atoms with Crippen LogP contribution in [0.25, 0.3) is 16.9 Å². The van der Waals surface area contributed by atoms with Gasteiger partial charge in [-0.2, -0.15) is 18.4 Å². The van der Waals surface area contributed by atoms with Gasteiger partial charge < -0.3 is 19.5 Å². The molecule has 11 heteroatoms. The number of carbonyl (C=O) groups excluding carboxylic acids is 1. The Labute approximate surface area is 199 Å². The molecule has 184 valence electrons. The molecule has 1 amide bonds. The van der Waals surface area contributed by atoms with Crippen LogP contribution in [0.3, 0.4) is 0 Å². The number of imidazole rings is 1. The van der Waals surface area contributed by atoms with Gasteiger partial charge in [0.05, 0.1) is 37.6 Å². The van der Waals surface area contributed by atoms with Crippen molar-refractivity contribution in [1.82, 2.24) is 14.7 Å². The Bertz CT molecular complexity index is 1270. The predicted octanol–water partition coefficient (Wildman–Crippen LogP) is 3.88. The first kappa shape index (κ1) is 24.3. The molecule has 1 N–H and O–H groups in total. The maximum Gasteiger partial charge on any atom is 0.405 e. The molecule has 35 heavy (non-hydrogen) atoms. The summed E-state index contributed by atoms with van der Waals surface area (Å²) in [6.07, 6.45) is 0.0728. The van der Waals surface area contributed by atoms with Gasteiger partial charge in [0.2, 0.25) is 0 Å². The molecule has 3 heterocycles. The number of halogens is 3. The molecule has 4 rings (SSSR count). The van der Waals surface area contributed by atoms with Crippen molar-refractivity contribution in [3.8, 4) is 28.8 Å². The zero-order chi connectivity index (χ0) is 25.2. The number of nitriles is 1. The van der Waals surface area contributed by atoms with Crippen molar-refractivity contribution in [2.45, 2.75) is 24.4 Å². The van der Waals surface area contributed by atoms with Crippen molar-refractivity contribution in [2.75, 3.05) is 34.0 Å². The van der Waals surface area contributed by atoms with E-state index in [0.29, 0.717) is 43.0 Å². The first-order valence-corrected chi connectivity index (χ1v) is 10.8. The lowest BCUT2D eigenvalue weighted by molar-refractivity contribution is -0.123. The summed E-state index contributed by atoms with van der Waals surface area (Å²) in [5.41, 5.74) is 1.91. The van der Waals surface area contributed by atoms with E-state index in [-0.39, 0.29) is 17.1 Å². The molecule has 0 radical (unpaired) electrons. The van der Waals surface area contributed by atoms with Crippen LogP contribution in [-0.4, -0.2) is 55.4 Å². The van der Waals surface area contributed by atoms with Gasteiger partial charge in [-0.3, -0.25) is 9.20 Å². The summed E-state index contributed by atoms with van der Waals surface area (Å²) in [5, 5.41) is 11.7. The topological polar surface area (TPSA) is 97.9 Å². The summed E-state index contributed by atoms with van der Waals surface area (Å²) in [4.78, 5) is 17.0. The normalized spacial score (nSPS) is 15.4. The third-order valence-corrected chi connectivity index (χ3v) is 6.10. The second-order valence-electron chi connectivity index (χ2n) is 8.15. The number of carbonyl (C=O) groups is 1. The summed E-state index contributed by atoms with van der Waals surface area (Å²) in [5.74, 6) is -0.865. The van der Waals surface area contributed by atoms with E-state index < -0.39 is 24.0 Å². The van der Waals surface area contributed by atoms with E-state index in [0.717, 1.165) is 5.56 Å². The number of amides is 1. The molecule has 1 aliphatic heterocycles. The maximum atomic E-state index is 12.6. The van der Waals surface area contributed by atoms with Gasteiger partial charge in [-0.1, -0.05) is 0 Å². The molecule has 8 nitrogen and oxygen atoms in total. The van der Waals surface area contributed by atoms with Crippen LogP contribution >= 0.6 is 0 Å². The van der Waals surface area contributed by atoms with Crippen molar-refractivity contribution >= 4 is 11.6 Å². The lowest BCUT2D eigenvalue weighted by Gasteiger charge is -2.31. The molecule has 0 spiro atoms. The van der Waals surface area contributed by atoms with E-state index in [1.54, 1.807) is 6.20 Å². The molecule has 0 aliphatic carbocycles. The van der Waals surface area contributed by atoms with Crippen molar-refractivity contribution in [1.29, 1.82) is 5.26 Å². The van der Waals surface area contributed by atoms with Gasteiger partial charge in [-0.25, -0.2) is 4.98 Å². The Morgan fingerprint density at radius 1 is 1.23 bits per heavy atom. The number of alkyl halides is 3. The Kier molecular flexibility index (Phi) is 6.58. The zero-order valence-electron chi connectivity index (χ0n) is 19.1. The largest absolute Gasteiger partial charge is 0.496 e. The number of aromatic nitrogens is 2. The van der Waals surface area contributed by atoms with Crippen LogP contribution in [-0.2, 0) is 10.2 Å². The van der Waals surface area contributed by atoms with Crippen LogP contribution in [0.5, 0.6) is 11.5 Å². The Morgan fingerprint density at radius 3 is 2.46 bits per heavy atom. The van der Waals surface area contributed by atoms with E-state index in [1.807, 2.05) is 28.0 Å². The average Bonchev–Trinajstić information content (AvgIpc) is 3.29. The number of hydrogen-bond acceptors (Lipinski definition) is 6. The number of nitrogens with one attached hydrogen (secondary N) is 1. The average molecular weight is 488 g/mol. The minimum atomic E-state index is -4.56. The van der Waals surface area contributed by atoms with Crippen molar-refractivity contribution in [2.24, 2.45) is 0 Å². The molecule has 1 fully saturated rings. The zero-order valence-corrected chi connectivity index (χ0v) is 19.1. The number of ether oxygens (including phenoxy) is 3. The number of hydrogen-bond donors (Lipinski definition) is 1. The quantitative estimate of drug-likeness (QED) is 0.566. The van der Waals surface area contributed by atoms with Gasteiger partial charge in [0.1, 0.15) is 29.3 Å². The molecule has 0 saturated carbocycles. The van der Waals surface area contributed by atoms with E-state index in [2.05, 4.69) is 11.1 Å². The van der Waals surface area contributed by atoms with Gasteiger partial charge in [-0.15, -0.1) is 0 Å². The highest BCUT2D eigenvalue weighted by molar-refractivity contribution is 6.00. The molecular weight excluding hydrogens is 465 g/mol. The fourth-order valence-corrected chi connectivity index (χ4v) is 4.23.